The number of halogens is 1. The van der Waals surface area contributed by atoms with Gasteiger partial charge in [-0.25, -0.2) is 17.5 Å². The van der Waals surface area contributed by atoms with Crippen molar-refractivity contribution < 1.29 is 22.4 Å². The van der Waals surface area contributed by atoms with Crippen LogP contribution in [0.15, 0.2) is 82.8 Å². The summed E-state index contributed by atoms with van der Waals surface area (Å²) in [6.45, 7) is 1.29. The standard InChI is InChI=1S/C28H32FN3O4S/c1-20-10-5-8-17-25(20)27(28(34)31-22-12-6-7-13-22)32(23-14-9-11-21(29)18-23)26(33)19-30-37(35,36)24-15-3-2-4-16-24/h2-5,9-11,14-16,18,22,27,30H,6-8,12-13,17,19H2,1H3,(H,31,34). The molecular formula is C28H32FN3O4S. The van der Waals surface area contributed by atoms with E-state index < -0.39 is 34.3 Å². The molecule has 2 amide bonds. The van der Waals surface area contributed by atoms with Crippen LogP contribution >= 0.6 is 0 Å². The summed E-state index contributed by atoms with van der Waals surface area (Å²) in [7, 11) is -3.97. The Hall–Kier alpha value is -3.30. The number of nitrogens with one attached hydrogen (secondary N) is 2. The molecule has 1 unspecified atom stereocenters. The van der Waals surface area contributed by atoms with E-state index in [9.17, 15) is 22.4 Å². The van der Waals surface area contributed by atoms with Gasteiger partial charge in [0.05, 0.1) is 11.4 Å². The maximum absolute atomic E-state index is 14.3. The number of rotatable bonds is 9. The second kappa shape index (κ2) is 11.8. The number of hydrogen-bond donors (Lipinski definition) is 2. The number of anilines is 1. The average Bonchev–Trinajstić information content (AvgIpc) is 3.40. The lowest BCUT2D eigenvalue weighted by atomic mass is 9.90. The van der Waals surface area contributed by atoms with Gasteiger partial charge in [0.1, 0.15) is 11.9 Å². The molecule has 2 aliphatic rings. The Balaban J connectivity index is 1.71. The molecule has 9 heteroatoms. The zero-order valence-corrected chi connectivity index (χ0v) is 21.6. The molecule has 2 aromatic carbocycles. The molecule has 0 spiro atoms. The number of carbonyl (C=O) groups excluding carboxylic acids is 2. The van der Waals surface area contributed by atoms with Gasteiger partial charge in [-0.2, -0.15) is 0 Å². The van der Waals surface area contributed by atoms with Crippen molar-refractivity contribution >= 4 is 27.5 Å². The molecule has 0 aromatic heterocycles. The van der Waals surface area contributed by atoms with Gasteiger partial charge in [-0.15, -0.1) is 0 Å². The number of allylic oxidation sites excluding steroid dienone is 3. The van der Waals surface area contributed by atoms with Crippen LogP contribution in [0.1, 0.15) is 45.4 Å². The van der Waals surface area contributed by atoms with Crippen LogP contribution in [0, 0.1) is 5.82 Å². The first-order valence-electron chi connectivity index (χ1n) is 12.5. The fraction of sp³-hybridized carbons (Fsp3) is 0.357. The highest BCUT2D eigenvalue weighted by atomic mass is 32.2. The molecule has 1 fully saturated rings. The van der Waals surface area contributed by atoms with E-state index in [1.165, 1.54) is 35.2 Å². The predicted octanol–water partition coefficient (Wildman–Crippen LogP) is 4.23. The molecule has 1 saturated carbocycles. The van der Waals surface area contributed by atoms with Gasteiger partial charge >= 0.3 is 0 Å². The largest absolute Gasteiger partial charge is 0.351 e. The Morgan fingerprint density at radius 2 is 1.81 bits per heavy atom. The van der Waals surface area contributed by atoms with Crippen LogP contribution in [0.4, 0.5) is 10.1 Å². The highest BCUT2D eigenvalue weighted by Crippen LogP contribution is 2.30. The van der Waals surface area contributed by atoms with Crippen LogP contribution in [0.25, 0.3) is 0 Å². The summed E-state index contributed by atoms with van der Waals surface area (Å²) in [5, 5.41) is 3.09. The topological polar surface area (TPSA) is 95.6 Å². The third-order valence-corrected chi connectivity index (χ3v) is 8.23. The van der Waals surface area contributed by atoms with E-state index >= 15 is 0 Å². The highest BCUT2D eigenvalue weighted by molar-refractivity contribution is 7.89. The predicted molar refractivity (Wildman–Crippen MR) is 141 cm³/mol. The van der Waals surface area contributed by atoms with E-state index in [4.69, 9.17) is 0 Å². The van der Waals surface area contributed by atoms with Gasteiger partial charge in [0, 0.05) is 11.7 Å². The van der Waals surface area contributed by atoms with Crippen LogP contribution in [-0.2, 0) is 19.6 Å². The summed E-state index contributed by atoms with van der Waals surface area (Å²) in [6.07, 6.45) is 8.95. The molecule has 0 heterocycles. The quantitative estimate of drug-likeness (QED) is 0.512. The lowest BCUT2D eigenvalue weighted by Crippen LogP contribution is -2.55. The van der Waals surface area contributed by atoms with Crippen molar-refractivity contribution in [2.45, 2.75) is 62.4 Å². The summed E-state index contributed by atoms with van der Waals surface area (Å²) in [5.74, 6) is -1.57. The van der Waals surface area contributed by atoms with Gasteiger partial charge in [0.15, 0.2) is 0 Å². The van der Waals surface area contributed by atoms with Crippen molar-refractivity contribution in [3.05, 3.63) is 83.7 Å². The Morgan fingerprint density at radius 1 is 1.08 bits per heavy atom. The average molecular weight is 526 g/mol. The normalized spacial score (nSPS) is 17.0. The second-order valence-electron chi connectivity index (χ2n) is 9.42. The highest BCUT2D eigenvalue weighted by Gasteiger charge is 2.37. The third kappa shape index (κ3) is 6.53. The zero-order valence-electron chi connectivity index (χ0n) is 20.8. The Kier molecular flexibility index (Phi) is 8.56. The summed E-state index contributed by atoms with van der Waals surface area (Å²) in [5.41, 5.74) is 1.80. The molecule has 0 aliphatic heterocycles. The van der Waals surface area contributed by atoms with Crippen LogP contribution < -0.4 is 14.9 Å². The van der Waals surface area contributed by atoms with Gasteiger partial charge in [0.2, 0.25) is 21.8 Å². The van der Waals surface area contributed by atoms with Crippen LogP contribution in [0.2, 0.25) is 0 Å². The molecule has 4 rings (SSSR count). The minimum absolute atomic E-state index is 0.0103. The van der Waals surface area contributed by atoms with Gasteiger partial charge in [-0.1, -0.05) is 49.3 Å². The fourth-order valence-electron chi connectivity index (χ4n) is 4.93. The summed E-state index contributed by atoms with van der Waals surface area (Å²) in [6, 6.07) is 12.2. The SMILES string of the molecule is CC1=C(C(C(=O)NC2CCCC2)N(C(=O)CNS(=O)(=O)c2ccccc2)c2cccc(F)c2)CCC=C1. The van der Waals surface area contributed by atoms with E-state index in [1.807, 2.05) is 19.1 Å². The van der Waals surface area contributed by atoms with E-state index in [1.54, 1.807) is 24.3 Å². The summed E-state index contributed by atoms with van der Waals surface area (Å²) >= 11 is 0. The van der Waals surface area contributed by atoms with E-state index in [2.05, 4.69) is 10.0 Å². The molecule has 2 aliphatic carbocycles. The smallest absolute Gasteiger partial charge is 0.247 e. The molecule has 2 aromatic rings. The minimum atomic E-state index is -3.97. The summed E-state index contributed by atoms with van der Waals surface area (Å²) in [4.78, 5) is 28.8. The van der Waals surface area contributed by atoms with Crippen molar-refractivity contribution in [3.8, 4) is 0 Å². The number of carbonyl (C=O) groups is 2. The molecule has 2 N–H and O–H groups in total. The van der Waals surface area contributed by atoms with E-state index in [0.717, 1.165) is 36.8 Å². The fourth-order valence-corrected chi connectivity index (χ4v) is 5.92. The van der Waals surface area contributed by atoms with Crippen LogP contribution in [-0.4, -0.2) is 38.9 Å². The third-order valence-electron chi connectivity index (χ3n) is 6.81. The van der Waals surface area contributed by atoms with Crippen molar-refractivity contribution in [1.82, 2.24) is 10.0 Å². The molecule has 1 atom stereocenters. The molecule has 37 heavy (non-hydrogen) atoms. The van der Waals surface area contributed by atoms with Gasteiger partial charge in [-0.3, -0.25) is 14.5 Å². The van der Waals surface area contributed by atoms with Crippen LogP contribution in [0.5, 0.6) is 0 Å². The monoisotopic (exact) mass is 525 g/mol. The number of hydrogen-bond acceptors (Lipinski definition) is 4. The minimum Gasteiger partial charge on any atom is -0.351 e. The maximum Gasteiger partial charge on any atom is 0.247 e. The summed E-state index contributed by atoms with van der Waals surface area (Å²) < 4.78 is 42.3. The number of amides is 2. The first-order chi connectivity index (χ1) is 17.8. The molecule has 0 bridgehead atoms. The van der Waals surface area contributed by atoms with Crippen molar-refractivity contribution in [2.75, 3.05) is 11.4 Å². The van der Waals surface area contributed by atoms with Crippen molar-refractivity contribution in [1.29, 1.82) is 0 Å². The van der Waals surface area contributed by atoms with Crippen molar-refractivity contribution in [3.63, 3.8) is 0 Å². The lowest BCUT2D eigenvalue weighted by Gasteiger charge is -2.35. The molecule has 196 valence electrons. The van der Waals surface area contributed by atoms with Gasteiger partial charge in [-0.05, 0) is 74.1 Å². The molecular weight excluding hydrogens is 493 g/mol. The Bertz CT molecular complexity index is 1300. The molecule has 0 saturated heterocycles. The zero-order chi connectivity index (χ0) is 26.4. The van der Waals surface area contributed by atoms with Crippen LogP contribution in [0.3, 0.4) is 0 Å². The van der Waals surface area contributed by atoms with Gasteiger partial charge in [0.25, 0.3) is 0 Å². The Labute approximate surface area is 217 Å². The number of nitrogens with zero attached hydrogens (tertiary/aromatic N) is 1. The maximum atomic E-state index is 14.3. The first kappa shape index (κ1) is 26.8. The van der Waals surface area contributed by atoms with E-state index in [-0.39, 0.29) is 22.5 Å². The Morgan fingerprint density at radius 3 is 2.49 bits per heavy atom. The number of benzene rings is 2. The van der Waals surface area contributed by atoms with Crippen molar-refractivity contribution in [2.24, 2.45) is 0 Å². The first-order valence-corrected chi connectivity index (χ1v) is 14.0. The second-order valence-corrected chi connectivity index (χ2v) is 11.2. The number of sulfonamides is 1. The van der Waals surface area contributed by atoms with Gasteiger partial charge < -0.3 is 5.32 Å². The molecule has 7 nitrogen and oxygen atoms in total. The lowest BCUT2D eigenvalue weighted by molar-refractivity contribution is -0.125. The molecule has 0 radical (unpaired) electrons. The van der Waals surface area contributed by atoms with E-state index in [0.29, 0.717) is 12.8 Å².